The van der Waals surface area contributed by atoms with Gasteiger partial charge in [0.2, 0.25) is 0 Å². The van der Waals surface area contributed by atoms with E-state index in [0.29, 0.717) is 5.69 Å². The first-order valence-electron chi connectivity index (χ1n) is 4.24. The van der Waals surface area contributed by atoms with E-state index < -0.39 is 0 Å². The highest BCUT2D eigenvalue weighted by atomic mass is 79.9. The lowest BCUT2D eigenvalue weighted by Gasteiger charge is -2.03. The van der Waals surface area contributed by atoms with Gasteiger partial charge in [0.1, 0.15) is 0 Å². The highest BCUT2D eigenvalue weighted by molar-refractivity contribution is 9.10. The van der Waals surface area contributed by atoms with Crippen LogP contribution in [0.1, 0.15) is 5.69 Å². The standard InChI is InChI=1S/C10H10BrN3/c1-7-10(12)6-13-14(7)9-4-2-8(11)3-5-9/h2-6H,12H2,1H3. The minimum atomic E-state index is 0.716. The van der Waals surface area contributed by atoms with Gasteiger partial charge >= 0.3 is 0 Å². The van der Waals surface area contributed by atoms with Crippen molar-refractivity contribution >= 4 is 21.6 Å². The summed E-state index contributed by atoms with van der Waals surface area (Å²) in [5.41, 5.74) is 8.41. The molecule has 0 aliphatic rings. The van der Waals surface area contributed by atoms with Crippen molar-refractivity contribution in [1.82, 2.24) is 9.78 Å². The smallest absolute Gasteiger partial charge is 0.0734 e. The maximum atomic E-state index is 5.72. The summed E-state index contributed by atoms with van der Waals surface area (Å²) in [6.07, 6.45) is 1.66. The predicted octanol–water partition coefficient (Wildman–Crippen LogP) is 2.53. The monoisotopic (exact) mass is 251 g/mol. The van der Waals surface area contributed by atoms with Gasteiger partial charge in [-0.1, -0.05) is 15.9 Å². The number of rotatable bonds is 1. The van der Waals surface area contributed by atoms with Crippen LogP contribution in [-0.2, 0) is 0 Å². The van der Waals surface area contributed by atoms with Gasteiger partial charge in [-0.15, -0.1) is 0 Å². The van der Waals surface area contributed by atoms with Gasteiger partial charge in [-0.2, -0.15) is 5.10 Å². The molecule has 4 heteroatoms. The van der Waals surface area contributed by atoms with E-state index in [-0.39, 0.29) is 0 Å². The zero-order valence-corrected chi connectivity index (χ0v) is 9.32. The Bertz CT molecular complexity index is 445. The fourth-order valence-electron chi connectivity index (χ4n) is 1.26. The summed E-state index contributed by atoms with van der Waals surface area (Å²) in [6.45, 7) is 1.95. The van der Waals surface area contributed by atoms with Crippen LogP contribution in [0.2, 0.25) is 0 Å². The number of anilines is 1. The topological polar surface area (TPSA) is 43.8 Å². The maximum Gasteiger partial charge on any atom is 0.0734 e. The largest absolute Gasteiger partial charge is 0.396 e. The second kappa shape index (κ2) is 3.46. The molecule has 0 saturated heterocycles. The summed E-state index contributed by atoms with van der Waals surface area (Å²) in [5, 5.41) is 4.19. The molecule has 2 aromatic rings. The highest BCUT2D eigenvalue weighted by Crippen LogP contribution is 2.17. The Labute approximate surface area is 90.7 Å². The van der Waals surface area contributed by atoms with Gasteiger partial charge in [-0.25, -0.2) is 4.68 Å². The molecule has 72 valence electrons. The fraction of sp³-hybridized carbons (Fsp3) is 0.100. The van der Waals surface area contributed by atoms with E-state index in [2.05, 4.69) is 21.0 Å². The van der Waals surface area contributed by atoms with Crippen LogP contribution in [0.3, 0.4) is 0 Å². The molecule has 0 saturated carbocycles. The number of hydrogen-bond donors (Lipinski definition) is 1. The van der Waals surface area contributed by atoms with E-state index in [9.17, 15) is 0 Å². The van der Waals surface area contributed by atoms with E-state index in [1.165, 1.54) is 0 Å². The van der Waals surface area contributed by atoms with Crippen molar-refractivity contribution in [2.24, 2.45) is 0 Å². The molecular formula is C10H10BrN3. The molecule has 0 fully saturated rings. The van der Waals surface area contributed by atoms with E-state index in [1.807, 2.05) is 35.9 Å². The Morgan fingerprint density at radius 2 is 1.93 bits per heavy atom. The third-order valence-corrected chi connectivity index (χ3v) is 2.65. The molecule has 0 amide bonds. The number of nitrogens with zero attached hydrogens (tertiary/aromatic N) is 2. The van der Waals surface area contributed by atoms with Crippen LogP contribution in [0.25, 0.3) is 5.69 Å². The minimum absolute atomic E-state index is 0.716. The van der Waals surface area contributed by atoms with Crippen molar-refractivity contribution in [3.05, 3.63) is 40.6 Å². The van der Waals surface area contributed by atoms with Gasteiger partial charge in [-0.05, 0) is 31.2 Å². The van der Waals surface area contributed by atoms with Gasteiger partial charge in [-0.3, -0.25) is 0 Å². The Morgan fingerprint density at radius 3 is 2.43 bits per heavy atom. The molecule has 2 N–H and O–H groups in total. The molecule has 2 rings (SSSR count). The average Bonchev–Trinajstić information content (AvgIpc) is 2.50. The van der Waals surface area contributed by atoms with Crippen molar-refractivity contribution in [3.63, 3.8) is 0 Å². The molecule has 0 unspecified atom stereocenters. The maximum absolute atomic E-state index is 5.72. The lowest BCUT2D eigenvalue weighted by Crippen LogP contribution is -1.99. The second-order valence-electron chi connectivity index (χ2n) is 3.07. The van der Waals surface area contributed by atoms with E-state index in [4.69, 9.17) is 5.73 Å². The SMILES string of the molecule is Cc1c(N)cnn1-c1ccc(Br)cc1. The quantitative estimate of drug-likeness (QED) is 0.847. The zero-order chi connectivity index (χ0) is 10.1. The molecular weight excluding hydrogens is 242 g/mol. The van der Waals surface area contributed by atoms with Crippen LogP contribution >= 0.6 is 15.9 Å². The summed E-state index contributed by atoms with van der Waals surface area (Å²) in [5.74, 6) is 0. The zero-order valence-electron chi connectivity index (χ0n) is 7.74. The Kier molecular flexibility index (Phi) is 2.29. The third-order valence-electron chi connectivity index (χ3n) is 2.12. The van der Waals surface area contributed by atoms with Crippen molar-refractivity contribution in [2.45, 2.75) is 6.92 Å². The fourth-order valence-corrected chi connectivity index (χ4v) is 1.53. The van der Waals surface area contributed by atoms with Crippen LogP contribution in [0.4, 0.5) is 5.69 Å². The third kappa shape index (κ3) is 1.53. The van der Waals surface area contributed by atoms with E-state index >= 15 is 0 Å². The van der Waals surface area contributed by atoms with Gasteiger partial charge in [0.25, 0.3) is 0 Å². The van der Waals surface area contributed by atoms with Crippen LogP contribution in [0, 0.1) is 6.92 Å². The second-order valence-corrected chi connectivity index (χ2v) is 3.99. The van der Waals surface area contributed by atoms with Gasteiger partial charge in [0, 0.05) is 4.47 Å². The predicted molar refractivity (Wildman–Crippen MR) is 60.4 cm³/mol. The van der Waals surface area contributed by atoms with Crippen LogP contribution in [-0.4, -0.2) is 9.78 Å². The average molecular weight is 252 g/mol. The van der Waals surface area contributed by atoms with Crippen molar-refractivity contribution in [2.75, 3.05) is 5.73 Å². The van der Waals surface area contributed by atoms with Crippen LogP contribution < -0.4 is 5.73 Å². The lowest BCUT2D eigenvalue weighted by molar-refractivity contribution is 0.847. The number of halogens is 1. The number of hydrogen-bond acceptors (Lipinski definition) is 2. The first-order valence-corrected chi connectivity index (χ1v) is 5.04. The molecule has 0 bridgehead atoms. The summed E-state index contributed by atoms with van der Waals surface area (Å²) in [6, 6.07) is 7.94. The summed E-state index contributed by atoms with van der Waals surface area (Å²) in [7, 11) is 0. The van der Waals surface area contributed by atoms with Crippen LogP contribution in [0.5, 0.6) is 0 Å². The van der Waals surface area contributed by atoms with Gasteiger partial charge in [0.15, 0.2) is 0 Å². The normalized spacial score (nSPS) is 10.4. The molecule has 0 atom stereocenters. The molecule has 0 radical (unpaired) electrons. The first kappa shape index (κ1) is 9.27. The van der Waals surface area contributed by atoms with Crippen molar-refractivity contribution in [3.8, 4) is 5.69 Å². The number of benzene rings is 1. The molecule has 1 heterocycles. The first-order chi connectivity index (χ1) is 6.68. The molecule has 0 aliphatic carbocycles. The molecule has 1 aromatic heterocycles. The van der Waals surface area contributed by atoms with Gasteiger partial charge in [0.05, 0.1) is 23.3 Å². The summed E-state index contributed by atoms with van der Waals surface area (Å²) in [4.78, 5) is 0. The van der Waals surface area contributed by atoms with Crippen LogP contribution in [0.15, 0.2) is 34.9 Å². The summed E-state index contributed by atoms with van der Waals surface area (Å²) >= 11 is 3.39. The number of nitrogens with two attached hydrogens (primary N) is 1. The minimum Gasteiger partial charge on any atom is -0.396 e. The highest BCUT2D eigenvalue weighted by Gasteiger charge is 2.04. The van der Waals surface area contributed by atoms with Gasteiger partial charge < -0.3 is 5.73 Å². The Hall–Kier alpha value is -1.29. The Morgan fingerprint density at radius 1 is 1.29 bits per heavy atom. The molecule has 0 aliphatic heterocycles. The van der Waals surface area contributed by atoms with Crippen molar-refractivity contribution < 1.29 is 0 Å². The molecule has 0 spiro atoms. The molecule has 14 heavy (non-hydrogen) atoms. The number of nitrogen functional groups attached to an aromatic ring is 1. The van der Waals surface area contributed by atoms with E-state index in [1.54, 1.807) is 6.20 Å². The van der Waals surface area contributed by atoms with Crippen molar-refractivity contribution in [1.29, 1.82) is 0 Å². The van der Waals surface area contributed by atoms with E-state index in [0.717, 1.165) is 15.9 Å². The number of aromatic nitrogens is 2. The summed E-state index contributed by atoms with van der Waals surface area (Å²) < 4.78 is 2.88. The Balaban J connectivity index is 2.49. The molecule has 3 nitrogen and oxygen atoms in total. The lowest BCUT2D eigenvalue weighted by atomic mass is 10.3. The molecule has 1 aromatic carbocycles.